The smallest absolute Gasteiger partial charge is 0.309 e. The number of nitrogens with zero attached hydrogens (tertiary/aromatic N) is 2. The molecule has 31 heavy (non-hydrogen) atoms. The molecule has 1 aromatic heterocycles. The zero-order valence-electron chi connectivity index (χ0n) is 17.6. The molecule has 9 heteroatoms. The van der Waals surface area contributed by atoms with Crippen molar-refractivity contribution in [2.24, 2.45) is 5.92 Å². The number of hydrogen-bond donors (Lipinski definition) is 0. The number of carbonyl (C=O) groups excluding carboxylic acids is 1. The molecule has 1 aliphatic heterocycles. The van der Waals surface area contributed by atoms with E-state index < -0.39 is 10.0 Å². The van der Waals surface area contributed by atoms with Crippen LogP contribution < -0.4 is 9.47 Å². The van der Waals surface area contributed by atoms with Crippen LogP contribution in [0.15, 0.2) is 53.7 Å². The number of aromatic nitrogens is 1. The van der Waals surface area contributed by atoms with Crippen molar-refractivity contribution in [3.63, 3.8) is 0 Å². The SMILES string of the molecule is CCCOc1ccc(OCCOC(=O)C2CCN(S(=O)(=O)c3cccnc3)CC2)cc1. The van der Waals surface area contributed by atoms with Gasteiger partial charge in [-0.05, 0) is 55.7 Å². The summed E-state index contributed by atoms with van der Waals surface area (Å²) in [4.78, 5) is 16.3. The van der Waals surface area contributed by atoms with Crippen LogP contribution in [0.5, 0.6) is 11.5 Å². The second kappa shape index (κ2) is 11.1. The largest absolute Gasteiger partial charge is 0.494 e. The van der Waals surface area contributed by atoms with Crippen molar-refractivity contribution in [2.45, 2.75) is 31.1 Å². The zero-order valence-corrected chi connectivity index (χ0v) is 18.4. The number of carbonyl (C=O) groups is 1. The summed E-state index contributed by atoms with van der Waals surface area (Å²) in [5.74, 6) is 0.840. The number of piperidine rings is 1. The van der Waals surface area contributed by atoms with Crippen molar-refractivity contribution in [2.75, 3.05) is 32.9 Å². The Morgan fingerprint density at radius 3 is 2.26 bits per heavy atom. The third-order valence-electron chi connectivity index (χ3n) is 4.95. The topological polar surface area (TPSA) is 95.0 Å². The van der Waals surface area contributed by atoms with Crippen LogP contribution in [0.1, 0.15) is 26.2 Å². The minimum absolute atomic E-state index is 0.140. The van der Waals surface area contributed by atoms with Gasteiger partial charge in [0.15, 0.2) is 0 Å². The average molecular weight is 449 g/mol. The Balaban J connectivity index is 1.37. The molecule has 2 aromatic rings. The Bertz CT molecular complexity index is 926. The standard InChI is InChI=1S/C22H28N2O6S/c1-2-14-28-19-5-7-20(8-6-19)29-15-16-30-22(25)18-9-12-24(13-10-18)31(26,27)21-4-3-11-23-17-21/h3-8,11,17-18H,2,9-10,12-16H2,1H3. The van der Waals surface area contributed by atoms with Crippen LogP contribution in [0.25, 0.3) is 0 Å². The molecule has 0 spiro atoms. The number of sulfonamides is 1. The van der Waals surface area contributed by atoms with Crippen LogP contribution in [0.3, 0.4) is 0 Å². The van der Waals surface area contributed by atoms with E-state index in [0.717, 1.165) is 12.2 Å². The normalized spacial score (nSPS) is 15.4. The first kappa shape index (κ1) is 23.0. The van der Waals surface area contributed by atoms with Crippen LogP contribution in [0.4, 0.5) is 0 Å². The number of hydrogen-bond acceptors (Lipinski definition) is 7. The summed E-state index contributed by atoms with van der Waals surface area (Å²) in [7, 11) is -3.58. The molecule has 2 heterocycles. The van der Waals surface area contributed by atoms with E-state index in [2.05, 4.69) is 4.98 Å². The van der Waals surface area contributed by atoms with Gasteiger partial charge in [0.25, 0.3) is 0 Å². The van der Waals surface area contributed by atoms with E-state index in [1.165, 1.54) is 22.8 Å². The number of benzene rings is 1. The fourth-order valence-corrected chi connectivity index (χ4v) is 4.69. The van der Waals surface area contributed by atoms with Gasteiger partial charge in [-0.2, -0.15) is 4.31 Å². The number of ether oxygens (including phenoxy) is 3. The molecule has 0 unspecified atom stereocenters. The van der Waals surface area contributed by atoms with Gasteiger partial charge in [0, 0.05) is 25.5 Å². The Morgan fingerprint density at radius 1 is 1.03 bits per heavy atom. The first-order valence-corrected chi connectivity index (χ1v) is 11.9. The number of rotatable bonds is 10. The second-order valence-electron chi connectivity index (χ2n) is 7.20. The first-order chi connectivity index (χ1) is 15.0. The third-order valence-corrected chi connectivity index (χ3v) is 6.83. The predicted molar refractivity (Wildman–Crippen MR) is 114 cm³/mol. The molecule has 1 fully saturated rings. The van der Waals surface area contributed by atoms with Gasteiger partial charge >= 0.3 is 5.97 Å². The minimum atomic E-state index is -3.58. The summed E-state index contributed by atoms with van der Waals surface area (Å²) >= 11 is 0. The summed E-state index contributed by atoms with van der Waals surface area (Å²) in [6.07, 6.45) is 4.67. The molecular formula is C22H28N2O6S. The average Bonchev–Trinajstić information content (AvgIpc) is 2.81. The summed E-state index contributed by atoms with van der Waals surface area (Å²) in [6, 6.07) is 10.4. The van der Waals surface area contributed by atoms with Crippen molar-refractivity contribution in [1.82, 2.24) is 9.29 Å². The lowest BCUT2D eigenvalue weighted by molar-refractivity contribution is -0.150. The maximum absolute atomic E-state index is 12.6. The number of esters is 1. The molecule has 1 aliphatic rings. The van der Waals surface area contributed by atoms with Crippen LogP contribution >= 0.6 is 0 Å². The molecule has 0 bridgehead atoms. The van der Waals surface area contributed by atoms with Gasteiger partial charge in [-0.15, -0.1) is 0 Å². The highest BCUT2D eigenvalue weighted by atomic mass is 32.2. The van der Waals surface area contributed by atoms with Crippen molar-refractivity contribution >= 4 is 16.0 Å². The van der Waals surface area contributed by atoms with Gasteiger partial charge < -0.3 is 14.2 Å². The minimum Gasteiger partial charge on any atom is -0.494 e. The van der Waals surface area contributed by atoms with E-state index in [9.17, 15) is 13.2 Å². The molecule has 0 radical (unpaired) electrons. The highest BCUT2D eigenvalue weighted by Gasteiger charge is 2.32. The third kappa shape index (κ3) is 6.41. The molecule has 168 valence electrons. The van der Waals surface area contributed by atoms with Crippen LogP contribution in [0, 0.1) is 5.92 Å². The summed E-state index contributed by atoms with van der Waals surface area (Å²) in [5, 5.41) is 0. The van der Waals surface area contributed by atoms with Crippen molar-refractivity contribution in [3.05, 3.63) is 48.8 Å². The Kier molecular flexibility index (Phi) is 8.25. The van der Waals surface area contributed by atoms with Gasteiger partial charge in [0.05, 0.1) is 12.5 Å². The van der Waals surface area contributed by atoms with Crippen molar-refractivity contribution < 1.29 is 27.4 Å². The van der Waals surface area contributed by atoms with Gasteiger partial charge in [0.2, 0.25) is 10.0 Å². The fourth-order valence-electron chi connectivity index (χ4n) is 3.25. The fraction of sp³-hybridized carbons (Fsp3) is 0.455. The second-order valence-corrected chi connectivity index (χ2v) is 9.14. The highest BCUT2D eigenvalue weighted by molar-refractivity contribution is 7.89. The van der Waals surface area contributed by atoms with Gasteiger partial charge in [-0.3, -0.25) is 9.78 Å². The molecule has 0 saturated carbocycles. The maximum atomic E-state index is 12.6. The molecule has 0 aliphatic carbocycles. The van der Waals surface area contributed by atoms with Crippen LogP contribution in [0.2, 0.25) is 0 Å². The van der Waals surface area contributed by atoms with Gasteiger partial charge in [-0.25, -0.2) is 8.42 Å². The Labute approximate surface area is 183 Å². The van der Waals surface area contributed by atoms with Crippen molar-refractivity contribution in [3.8, 4) is 11.5 Å². The lowest BCUT2D eigenvalue weighted by Crippen LogP contribution is -2.40. The first-order valence-electron chi connectivity index (χ1n) is 10.4. The summed E-state index contributed by atoms with van der Waals surface area (Å²) in [5.41, 5.74) is 0. The van der Waals surface area contributed by atoms with E-state index >= 15 is 0 Å². The van der Waals surface area contributed by atoms with Crippen molar-refractivity contribution in [1.29, 1.82) is 0 Å². The summed E-state index contributed by atoms with van der Waals surface area (Å²) < 4.78 is 43.1. The van der Waals surface area contributed by atoms with E-state index in [4.69, 9.17) is 14.2 Å². The maximum Gasteiger partial charge on any atom is 0.309 e. The van der Waals surface area contributed by atoms with E-state index in [0.29, 0.717) is 25.2 Å². The molecule has 8 nitrogen and oxygen atoms in total. The van der Waals surface area contributed by atoms with Crippen LogP contribution in [-0.2, 0) is 19.6 Å². The molecule has 0 atom stereocenters. The molecule has 1 saturated heterocycles. The summed E-state index contributed by atoms with van der Waals surface area (Å²) in [6.45, 7) is 3.66. The van der Waals surface area contributed by atoms with Gasteiger partial charge in [0.1, 0.15) is 29.6 Å². The van der Waals surface area contributed by atoms with E-state index in [1.807, 2.05) is 31.2 Å². The van der Waals surface area contributed by atoms with E-state index in [-0.39, 0.29) is 43.1 Å². The molecule has 1 aromatic carbocycles. The van der Waals surface area contributed by atoms with E-state index in [1.54, 1.807) is 6.07 Å². The molecular weight excluding hydrogens is 420 g/mol. The Hall–Kier alpha value is -2.65. The Morgan fingerprint density at radius 2 is 1.68 bits per heavy atom. The zero-order chi connectivity index (χ0) is 22.1. The molecule has 0 amide bonds. The predicted octanol–water partition coefficient (Wildman–Crippen LogP) is 2.89. The quantitative estimate of drug-likeness (QED) is 0.407. The van der Waals surface area contributed by atoms with Gasteiger partial charge in [-0.1, -0.05) is 6.92 Å². The molecule has 0 N–H and O–H groups in total. The monoisotopic (exact) mass is 448 g/mol. The lowest BCUT2D eigenvalue weighted by atomic mass is 9.98. The number of pyridine rings is 1. The molecule has 3 rings (SSSR count). The lowest BCUT2D eigenvalue weighted by Gasteiger charge is -2.30. The van der Waals surface area contributed by atoms with Crippen LogP contribution in [-0.4, -0.2) is 56.6 Å². The highest BCUT2D eigenvalue weighted by Crippen LogP contribution is 2.24.